The molecule has 18 heteroatoms. The van der Waals surface area contributed by atoms with Crippen molar-refractivity contribution in [1.29, 1.82) is 0 Å². The van der Waals surface area contributed by atoms with Gasteiger partial charge in [-0.05, 0) is 98.7 Å². The molecular weight excluding hydrogens is 840 g/mol. The summed E-state index contributed by atoms with van der Waals surface area (Å²) < 4.78 is 48.4. The summed E-state index contributed by atoms with van der Waals surface area (Å²) in [5, 5.41) is 104. The molecule has 0 bridgehead atoms. The zero-order valence-electron chi connectivity index (χ0n) is 38.1. The number of methoxy groups -OCH3 is 1. The highest BCUT2D eigenvalue weighted by atomic mass is 16.7. The van der Waals surface area contributed by atoms with Crippen molar-refractivity contribution in [3.63, 3.8) is 0 Å². The molecule has 0 aromatic rings. The lowest BCUT2D eigenvalue weighted by Crippen LogP contribution is -2.64. The van der Waals surface area contributed by atoms with Crippen molar-refractivity contribution in [2.75, 3.05) is 26.9 Å². The standard InChI is InChI=1S/C46H76O18/c1-20(19-58-41-37(54)35(52)33(50)29(17-47)61-41)9-14-46(57-6)21(2)31-28(64-46)16-27-25-8-7-23-15-24(10-12-44(23,4)26(25)11-13-45(27,31)5)60-43-39(56)36(53)40(30(18-48)62-43)63-42-38(55)34(51)32(49)22(3)59-42/h7,20-22,24-43,47-56H,8-19H2,1-6H3/t20-,21+,22+,24+,25?,26?,27?,28+,29-,30-,31+,32+,33-,34-,35+,36-,37-,38-,39-,40-,41-,42+,43-,44+,45+,46-/m1/s1. The second kappa shape index (κ2) is 19.1. The number of aliphatic hydroxyl groups is 10. The fraction of sp³-hybridized carbons (Fsp3) is 0.957. The van der Waals surface area contributed by atoms with Crippen LogP contribution in [0, 0.1) is 46.3 Å². The van der Waals surface area contributed by atoms with E-state index in [-0.39, 0.29) is 41.5 Å². The Morgan fingerprint density at radius 1 is 0.750 bits per heavy atom. The number of hydrogen-bond acceptors (Lipinski definition) is 18. The number of hydrogen-bond donors (Lipinski definition) is 10. The molecule has 3 saturated carbocycles. The lowest BCUT2D eigenvalue weighted by atomic mass is 9.47. The lowest BCUT2D eigenvalue weighted by Gasteiger charge is -2.58. The maximum Gasteiger partial charge on any atom is 0.187 e. The van der Waals surface area contributed by atoms with E-state index < -0.39 is 111 Å². The highest BCUT2D eigenvalue weighted by Gasteiger charge is 2.68. The minimum Gasteiger partial charge on any atom is -0.394 e. The van der Waals surface area contributed by atoms with Gasteiger partial charge in [0.2, 0.25) is 0 Å². The van der Waals surface area contributed by atoms with Crippen LogP contribution in [0.2, 0.25) is 0 Å². The van der Waals surface area contributed by atoms with Crippen molar-refractivity contribution in [3.05, 3.63) is 11.6 Å². The molecule has 8 rings (SSSR count). The normalized spacial score (nSPS) is 54.3. The first-order valence-electron chi connectivity index (χ1n) is 23.8. The van der Waals surface area contributed by atoms with Gasteiger partial charge >= 0.3 is 0 Å². The third kappa shape index (κ3) is 8.48. The van der Waals surface area contributed by atoms with Crippen LogP contribution in [0.15, 0.2) is 11.6 Å². The van der Waals surface area contributed by atoms with E-state index in [2.05, 4.69) is 26.8 Å². The van der Waals surface area contributed by atoms with Crippen LogP contribution in [-0.4, -0.2) is 188 Å². The first-order chi connectivity index (χ1) is 30.3. The van der Waals surface area contributed by atoms with Crippen LogP contribution in [-0.2, 0) is 37.9 Å². The second-order valence-electron chi connectivity index (χ2n) is 21.2. The van der Waals surface area contributed by atoms with Crippen LogP contribution in [0.3, 0.4) is 0 Å². The van der Waals surface area contributed by atoms with Gasteiger partial charge in [0.15, 0.2) is 24.7 Å². The molecule has 4 aliphatic carbocycles. The minimum absolute atomic E-state index is 0.0212. The number of ether oxygens (including phenoxy) is 8. The summed E-state index contributed by atoms with van der Waals surface area (Å²) >= 11 is 0. The second-order valence-corrected chi connectivity index (χ2v) is 21.2. The fourth-order valence-electron chi connectivity index (χ4n) is 13.8. The largest absolute Gasteiger partial charge is 0.394 e. The third-order valence-electron chi connectivity index (χ3n) is 17.7. The van der Waals surface area contributed by atoms with E-state index in [1.807, 2.05) is 6.92 Å². The summed E-state index contributed by atoms with van der Waals surface area (Å²) in [4.78, 5) is 0. The van der Waals surface area contributed by atoms with Crippen molar-refractivity contribution in [2.45, 2.75) is 203 Å². The van der Waals surface area contributed by atoms with E-state index >= 15 is 0 Å². The van der Waals surface area contributed by atoms with Gasteiger partial charge in [-0.3, -0.25) is 0 Å². The van der Waals surface area contributed by atoms with Crippen molar-refractivity contribution >= 4 is 0 Å². The SMILES string of the molecule is CO[C@]1(CC[C@@H](C)CO[C@@H]2O[C@H](CO)[C@@H](O)[C@H](O)[C@H]2O)O[C@H]2CC3C4CC=C5C[C@@H](O[C@@H]6O[C@H](CO)[C@@H](O[C@@H]7O[C@@H](C)[C@H](O)[C@@H](O)[C@H]7O)[C@H](O)[C@H]6O)CC[C@]5(C)C4CC[C@]3(C)[C@H]2[C@@H]1C. The molecule has 0 amide bonds. The minimum atomic E-state index is -1.64. The quantitative estimate of drug-likeness (QED) is 0.107. The Balaban J connectivity index is 0.863. The molecule has 368 valence electrons. The molecule has 0 aromatic heterocycles. The summed E-state index contributed by atoms with van der Waals surface area (Å²) in [6.45, 7) is 9.83. The van der Waals surface area contributed by atoms with Gasteiger partial charge in [0.1, 0.15) is 67.1 Å². The maximum absolute atomic E-state index is 11.2. The Morgan fingerprint density at radius 2 is 1.41 bits per heavy atom. The zero-order chi connectivity index (χ0) is 46.2. The molecule has 3 unspecified atom stereocenters. The molecule has 0 aromatic carbocycles. The Kier molecular flexibility index (Phi) is 14.7. The maximum atomic E-state index is 11.2. The molecular formula is C46H76O18. The molecule has 4 heterocycles. The van der Waals surface area contributed by atoms with E-state index in [1.165, 1.54) is 12.5 Å². The van der Waals surface area contributed by atoms with E-state index in [0.717, 1.165) is 44.9 Å². The molecule has 7 fully saturated rings. The Hall–Kier alpha value is -0.980. The molecule has 10 N–H and O–H groups in total. The van der Waals surface area contributed by atoms with E-state index in [0.29, 0.717) is 36.5 Å². The van der Waals surface area contributed by atoms with Crippen LogP contribution in [0.25, 0.3) is 0 Å². The van der Waals surface area contributed by atoms with Crippen LogP contribution in [0.4, 0.5) is 0 Å². The van der Waals surface area contributed by atoms with Gasteiger partial charge in [-0.25, -0.2) is 0 Å². The van der Waals surface area contributed by atoms with Gasteiger partial charge in [0.05, 0.1) is 38.1 Å². The topological polar surface area (TPSA) is 276 Å². The fourth-order valence-corrected chi connectivity index (χ4v) is 13.8. The summed E-state index contributed by atoms with van der Waals surface area (Å²) in [5.74, 6) is 1.24. The van der Waals surface area contributed by atoms with Crippen LogP contribution in [0.5, 0.6) is 0 Å². The predicted molar refractivity (Wildman–Crippen MR) is 222 cm³/mol. The Morgan fingerprint density at radius 3 is 2.11 bits per heavy atom. The van der Waals surface area contributed by atoms with Gasteiger partial charge in [0, 0.05) is 19.4 Å². The molecule has 0 radical (unpaired) electrons. The first-order valence-corrected chi connectivity index (χ1v) is 23.8. The zero-order valence-corrected chi connectivity index (χ0v) is 38.1. The Bertz CT molecular complexity index is 1620. The van der Waals surface area contributed by atoms with Crippen LogP contribution >= 0.6 is 0 Å². The molecule has 64 heavy (non-hydrogen) atoms. The molecule has 8 aliphatic rings. The smallest absolute Gasteiger partial charge is 0.187 e. The van der Waals surface area contributed by atoms with Gasteiger partial charge < -0.3 is 89.0 Å². The monoisotopic (exact) mass is 917 g/mol. The summed E-state index contributed by atoms with van der Waals surface area (Å²) in [6.07, 6.45) is -10.3. The van der Waals surface area contributed by atoms with Gasteiger partial charge in [0.25, 0.3) is 0 Å². The van der Waals surface area contributed by atoms with Gasteiger partial charge in [-0.1, -0.05) is 39.3 Å². The highest BCUT2D eigenvalue weighted by Crippen LogP contribution is 2.70. The number of rotatable bonds is 13. The molecule has 0 spiro atoms. The summed E-state index contributed by atoms with van der Waals surface area (Å²) in [5.41, 5.74) is 1.40. The molecule has 4 aliphatic heterocycles. The van der Waals surface area contributed by atoms with Crippen molar-refractivity contribution in [3.8, 4) is 0 Å². The third-order valence-corrected chi connectivity index (χ3v) is 17.7. The summed E-state index contributed by atoms with van der Waals surface area (Å²) in [6, 6.07) is 0. The average molecular weight is 917 g/mol. The highest BCUT2D eigenvalue weighted by molar-refractivity contribution is 5.26. The summed E-state index contributed by atoms with van der Waals surface area (Å²) in [7, 11) is 1.73. The van der Waals surface area contributed by atoms with Gasteiger partial charge in [-0.2, -0.15) is 0 Å². The molecule has 26 atom stereocenters. The Labute approximate surface area is 375 Å². The number of allylic oxidation sites excluding steroid dienone is 1. The van der Waals surface area contributed by atoms with Crippen molar-refractivity contribution in [2.24, 2.45) is 46.3 Å². The van der Waals surface area contributed by atoms with Crippen LogP contribution < -0.4 is 0 Å². The van der Waals surface area contributed by atoms with E-state index in [4.69, 9.17) is 37.9 Å². The van der Waals surface area contributed by atoms with Gasteiger partial charge in [-0.15, -0.1) is 0 Å². The van der Waals surface area contributed by atoms with Crippen LogP contribution in [0.1, 0.15) is 92.4 Å². The van der Waals surface area contributed by atoms with Crippen molar-refractivity contribution in [1.82, 2.24) is 0 Å². The van der Waals surface area contributed by atoms with E-state index in [1.54, 1.807) is 7.11 Å². The lowest BCUT2D eigenvalue weighted by molar-refractivity contribution is -0.360. The number of aliphatic hydroxyl groups excluding tert-OH is 10. The molecule has 4 saturated heterocycles. The first kappa shape index (κ1) is 49.4. The molecule has 18 nitrogen and oxygen atoms in total. The number of fused-ring (bicyclic) bond motifs is 7. The average Bonchev–Trinajstić information content (AvgIpc) is 3.74. The van der Waals surface area contributed by atoms with Crippen molar-refractivity contribution < 1.29 is 89.0 Å². The van der Waals surface area contributed by atoms with E-state index in [9.17, 15) is 51.1 Å². The predicted octanol–water partition coefficient (Wildman–Crippen LogP) is -0.177.